The van der Waals surface area contributed by atoms with Gasteiger partial charge in [-0.15, -0.1) is 0 Å². The maximum absolute atomic E-state index is 12.2. The highest BCUT2D eigenvalue weighted by Gasteiger charge is 2.44. The number of nitrogens with two attached hydrogens (primary N) is 1. The summed E-state index contributed by atoms with van der Waals surface area (Å²) in [7, 11) is 0. The van der Waals surface area contributed by atoms with Gasteiger partial charge in [-0.05, 0) is 25.8 Å². The van der Waals surface area contributed by atoms with E-state index in [4.69, 9.17) is 19.9 Å². The maximum atomic E-state index is 12.2. The monoisotopic (exact) mass is 400 g/mol. The van der Waals surface area contributed by atoms with Crippen molar-refractivity contribution in [3.05, 3.63) is 47.7 Å². The molecule has 1 aromatic carbocycles. The van der Waals surface area contributed by atoms with E-state index in [1.807, 2.05) is 25.1 Å². The van der Waals surface area contributed by atoms with Crippen LogP contribution in [0.1, 0.15) is 48.1 Å². The summed E-state index contributed by atoms with van der Waals surface area (Å²) < 4.78 is 11.3. The molecule has 1 spiro atoms. The van der Waals surface area contributed by atoms with Crippen LogP contribution in [0.15, 0.2) is 39.9 Å². The number of benzene rings is 1. The Morgan fingerprint density at radius 3 is 3.00 bits per heavy atom. The summed E-state index contributed by atoms with van der Waals surface area (Å²) >= 11 is 1.60. The number of rotatable bonds is 5. The summed E-state index contributed by atoms with van der Waals surface area (Å²) in [5.41, 5.74) is 7.10. The number of ether oxygens (including phenoxy) is 1. The standard InChI is InChI=1S/C20H24N4O3S/c1-12(22-18(25)16-10-26-13(2)23-16)7-8-14-9-20(11-28-19(21)24-20)15-5-3-4-6-17(15)27-14/h3-6,10,12,14H,7-9,11H2,1-2H3,(H2,21,24)(H,22,25)/t12?,14-,20?/m0/s1. The van der Waals surface area contributed by atoms with Crippen LogP contribution in [0.4, 0.5) is 0 Å². The highest BCUT2D eigenvalue weighted by molar-refractivity contribution is 8.14. The quantitative estimate of drug-likeness (QED) is 0.800. The van der Waals surface area contributed by atoms with Crippen molar-refractivity contribution in [3.8, 4) is 5.75 Å². The molecule has 3 atom stereocenters. The molecule has 1 aromatic heterocycles. The molecule has 0 fully saturated rings. The zero-order valence-electron chi connectivity index (χ0n) is 16.0. The molecule has 0 aliphatic carbocycles. The number of aromatic nitrogens is 1. The number of aliphatic imine (C=N–C) groups is 1. The number of hydrogen-bond donors (Lipinski definition) is 2. The van der Waals surface area contributed by atoms with E-state index in [1.165, 1.54) is 6.26 Å². The molecule has 7 nitrogen and oxygen atoms in total. The molecule has 2 aliphatic heterocycles. The minimum atomic E-state index is -0.307. The molecular weight excluding hydrogens is 376 g/mol. The van der Waals surface area contributed by atoms with E-state index in [0.717, 1.165) is 36.3 Å². The number of fused-ring (bicyclic) bond motifs is 2. The predicted octanol–water partition coefficient (Wildman–Crippen LogP) is 2.99. The molecule has 0 saturated heterocycles. The van der Waals surface area contributed by atoms with E-state index in [-0.39, 0.29) is 23.6 Å². The average Bonchev–Trinajstić information content (AvgIpc) is 3.26. The Hall–Kier alpha value is -2.48. The van der Waals surface area contributed by atoms with Crippen LogP contribution in [0, 0.1) is 6.92 Å². The van der Waals surface area contributed by atoms with Crippen LogP contribution in [0.25, 0.3) is 0 Å². The Balaban J connectivity index is 1.40. The summed E-state index contributed by atoms with van der Waals surface area (Å²) in [6, 6.07) is 8.06. The fraction of sp³-hybridized carbons (Fsp3) is 0.450. The topological polar surface area (TPSA) is 103 Å². The summed E-state index contributed by atoms with van der Waals surface area (Å²) in [4.78, 5) is 21.1. The van der Waals surface area contributed by atoms with E-state index in [1.54, 1.807) is 18.7 Å². The molecule has 2 aromatic rings. The van der Waals surface area contributed by atoms with Gasteiger partial charge >= 0.3 is 0 Å². The van der Waals surface area contributed by atoms with Gasteiger partial charge in [-0.25, -0.2) is 4.98 Å². The largest absolute Gasteiger partial charge is 0.490 e. The molecule has 0 saturated carbocycles. The zero-order chi connectivity index (χ0) is 19.7. The van der Waals surface area contributed by atoms with Crippen molar-refractivity contribution in [2.45, 2.75) is 50.8 Å². The number of carbonyl (C=O) groups is 1. The Kier molecular flexibility index (Phi) is 5.05. The Morgan fingerprint density at radius 2 is 2.29 bits per heavy atom. The molecule has 3 heterocycles. The van der Waals surface area contributed by atoms with E-state index in [2.05, 4.69) is 16.4 Å². The molecule has 4 rings (SSSR count). The molecule has 148 valence electrons. The van der Waals surface area contributed by atoms with Gasteiger partial charge in [-0.1, -0.05) is 30.0 Å². The number of nitrogens with zero attached hydrogens (tertiary/aromatic N) is 2. The minimum Gasteiger partial charge on any atom is -0.490 e. The van der Waals surface area contributed by atoms with E-state index >= 15 is 0 Å². The van der Waals surface area contributed by atoms with E-state index in [9.17, 15) is 4.79 Å². The lowest BCUT2D eigenvalue weighted by Crippen LogP contribution is -2.39. The Bertz CT molecular complexity index is 912. The third-order valence-corrected chi connectivity index (χ3v) is 6.19. The third kappa shape index (κ3) is 3.73. The number of thioether (sulfide) groups is 1. The van der Waals surface area contributed by atoms with Gasteiger partial charge in [-0.3, -0.25) is 9.79 Å². The van der Waals surface area contributed by atoms with E-state index in [0.29, 0.717) is 16.8 Å². The average molecular weight is 401 g/mol. The van der Waals surface area contributed by atoms with Gasteiger partial charge in [0.25, 0.3) is 5.91 Å². The zero-order valence-corrected chi connectivity index (χ0v) is 16.8. The first kappa shape index (κ1) is 18.9. The Labute approximate surface area is 168 Å². The van der Waals surface area contributed by atoms with Crippen LogP contribution >= 0.6 is 11.8 Å². The van der Waals surface area contributed by atoms with Crippen molar-refractivity contribution in [3.63, 3.8) is 0 Å². The fourth-order valence-electron chi connectivity index (χ4n) is 3.81. The summed E-state index contributed by atoms with van der Waals surface area (Å²) in [6.45, 7) is 3.70. The van der Waals surface area contributed by atoms with Crippen LogP contribution in [0.2, 0.25) is 0 Å². The van der Waals surface area contributed by atoms with Crippen molar-refractivity contribution in [1.82, 2.24) is 10.3 Å². The highest BCUT2D eigenvalue weighted by Crippen LogP contribution is 2.47. The van der Waals surface area contributed by atoms with Crippen molar-refractivity contribution >= 4 is 22.8 Å². The van der Waals surface area contributed by atoms with Crippen molar-refractivity contribution in [1.29, 1.82) is 0 Å². The second kappa shape index (κ2) is 7.50. The number of para-hydroxylation sites is 1. The van der Waals surface area contributed by atoms with Gasteiger partial charge in [0.05, 0.1) is 0 Å². The number of aryl methyl sites for hydroxylation is 1. The first-order chi connectivity index (χ1) is 13.4. The maximum Gasteiger partial charge on any atom is 0.273 e. The highest BCUT2D eigenvalue weighted by atomic mass is 32.2. The molecule has 2 unspecified atom stereocenters. The molecule has 0 bridgehead atoms. The molecule has 28 heavy (non-hydrogen) atoms. The molecule has 3 N–H and O–H groups in total. The van der Waals surface area contributed by atoms with Crippen molar-refractivity contribution in [2.24, 2.45) is 10.7 Å². The number of amides is 1. The number of carbonyl (C=O) groups excluding carboxylic acids is 1. The number of hydrogen-bond acceptors (Lipinski definition) is 7. The third-order valence-electron chi connectivity index (χ3n) is 5.18. The van der Waals surface area contributed by atoms with Crippen molar-refractivity contribution < 1.29 is 13.9 Å². The first-order valence-electron chi connectivity index (χ1n) is 9.42. The normalized spacial score (nSPS) is 24.4. The smallest absolute Gasteiger partial charge is 0.273 e. The Morgan fingerprint density at radius 1 is 1.46 bits per heavy atom. The van der Waals surface area contributed by atoms with Gasteiger partial charge in [-0.2, -0.15) is 0 Å². The van der Waals surface area contributed by atoms with Crippen LogP contribution in [-0.2, 0) is 5.54 Å². The van der Waals surface area contributed by atoms with Crippen LogP contribution in [0.3, 0.4) is 0 Å². The summed E-state index contributed by atoms with van der Waals surface area (Å²) in [5, 5.41) is 3.61. The lowest BCUT2D eigenvalue weighted by atomic mass is 9.82. The minimum absolute atomic E-state index is 0.00671. The first-order valence-corrected chi connectivity index (χ1v) is 10.4. The summed E-state index contributed by atoms with van der Waals surface area (Å²) in [6.07, 6.45) is 3.80. The van der Waals surface area contributed by atoms with Crippen molar-refractivity contribution in [2.75, 3.05) is 5.75 Å². The van der Waals surface area contributed by atoms with Gasteiger partial charge in [0, 0.05) is 30.7 Å². The number of oxazole rings is 1. The molecule has 0 radical (unpaired) electrons. The second-order valence-electron chi connectivity index (χ2n) is 7.41. The van der Waals surface area contributed by atoms with Gasteiger partial charge in [0.2, 0.25) is 0 Å². The SMILES string of the molecule is Cc1nc(C(=O)NC(C)CC[C@H]2CC3(CSC(N)=N3)c3ccccc3O2)co1. The van der Waals surface area contributed by atoms with Crippen LogP contribution in [-0.4, -0.2) is 34.0 Å². The molecule has 2 aliphatic rings. The predicted molar refractivity (Wildman–Crippen MR) is 109 cm³/mol. The lowest BCUT2D eigenvalue weighted by molar-refractivity contribution is 0.0917. The molecule has 8 heteroatoms. The van der Waals surface area contributed by atoms with Gasteiger partial charge in [0.15, 0.2) is 16.8 Å². The molecule has 1 amide bonds. The van der Waals surface area contributed by atoms with E-state index < -0.39 is 0 Å². The fourth-order valence-corrected chi connectivity index (χ4v) is 4.77. The number of amidine groups is 1. The lowest BCUT2D eigenvalue weighted by Gasteiger charge is -2.37. The van der Waals surface area contributed by atoms with Gasteiger partial charge in [0.1, 0.15) is 23.7 Å². The second-order valence-corrected chi connectivity index (χ2v) is 8.41. The van der Waals surface area contributed by atoms with Crippen LogP contribution in [0.5, 0.6) is 5.75 Å². The van der Waals surface area contributed by atoms with Gasteiger partial charge < -0.3 is 20.2 Å². The number of nitrogens with one attached hydrogen (secondary N) is 1. The molecular formula is C20H24N4O3S. The van der Waals surface area contributed by atoms with Crippen LogP contribution < -0.4 is 15.8 Å². The summed E-state index contributed by atoms with van der Waals surface area (Å²) in [5.74, 6) is 1.98.